The molecule has 30 N–H and O–H groups in total. The van der Waals surface area contributed by atoms with Crippen LogP contribution in [0.3, 0.4) is 0 Å². The maximum atomic E-state index is 11.7. The van der Waals surface area contributed by atoms with Crippen LogP contribution in [-0.4, -0.2) is 109 Å². The Balaban J connectivity index is -0.0000000327. The first-order chi connectivity index (χ1) is 18.1. The first-order valence-corrected chi connectivity index (χ1v) is 10.6. The summed E-state index contributed by atoms with van der Waals surface area (Å²) in [7, 11) is 2.75. The number of hydrogen-bond acceptors (Lipinski definition) is 14. The van der Waals surface area contributed by atoms with E-state index in [2.05, 4.69) is 20.0 Å². The van der Waals surface area contributed by atoms with Crippen LogP contribution in [0.4, 0.5) is 0 Å². The average Bonchev–Trinajstić information content (AvgIpc) is 2.88. The summed E-state index contributed by atoms with van der Waals surface area (Å²) in [6, 6.07) is 9.31. The van der Waals surface area contributed by atoms with E-state index in [9.17, 15) is 40.2 Å². The fraction of sp³-hybridized carbons (Fsp3) is 0.250. The largest absolute Gasteiger partial charge is 2.00 e. The monoisotopic (exact) mass is 929 g/mol. The van der Waals surface area contributed by atoms with Crippen molar-refractivity contribution < 1.29 is 167 Å². The molecule has 0 saturated carbocycles. The molecule has 0 atom stereocenters. The third-order valence-corrected chi connectivity index (χ3v) is 4.14. The average molecular weight is 931 g/mol. The molecule has 323 valence electrons. The molecule has 2 aromatic carbocycles. The van der Waals surface area contributed by atoms with Crippen LogP contribution in [0.1, 0.15) is 11.1 Å². The molecule has 0 aliphatic rings. The van der Waals surface area contributed by atoms with Gasteiger partial charge in [0.25, 0.3) is 0 Å². The number of ether oxygens (including phenoxy) is 2. The summed E-state index contributed by atoms with van der Waals surface area (Å²) < 4.78 is 9.69. The molecule has 0 amide bonds. The Morgan fingerprint density at radius 2 is 0.830 bits per heavy atom. The van der Waals surface area contributed by atoms with Crippen molar-refractivity contribution in [3.8, 4) is 23.0 Å². The van der Waals surface area contributed by atoms with Crippen molar-refractivity contribution in [1.29, 1.82) is 0 Å². The van der Waals surface area contributed by atoms with Gasteiger partial charge in [0.05, 0.1) is 52.3 Å². The predicted molar refractivity (Wildman–Crippen MR) is 175 cm³/mol. The van der Waals surface area contributed by atoms with E-state index in [1.54, 1.807) is 12.1 Å². The van der Waals surface area contributed by atoms with Crippen molar-refractivity contribution in [2.45, 2.75) is 0 Å². The van der Waals surface area contributed by atoms with Crippen LogP contribution in [0.5, 0.6) is 23.0 Å². The molecule has 0 aliphatic heterocycles. The van der Waals surface area contributed by atoms with Gasteiger partial charge in [-0.25, -0.2) is 0 Å². The molecule has 0 aromatic heterocycles. The van der Waals surface area contributed by atoms with Crippen LogP contribution < -0.4 is 40.1 Å². The van der Waals surface area contributed by atoms with E-state index in [4.69, 9.17) is 9.47 Å². The molecule has 0 aliphatic carbocycles. The van der Waals surface area contributed by atoms with Gasteiger partial charge in [-0.15, -0.1) is 0 Å². The molecule has 0 heterocycles. The van der Waals surface area contributed by atoms with E-state index < -0.39 is 36.8 Å². The normalized spacial score (nSPS) is 8.42. The Hall–Kier alpha value is -4.06. The Kier molecular flexibility index (Phi) is 101. The van der Waals surface area contributed by atoms with Crippen LogP contribution in [0.15, 0.2) is 56.4 Å². The fourth-order valence-corrected chi connectivity index (χ4v) is 2.44. The van der Waals surface area contributed by atoms with Gasteiger partial charge in [-0.05, 0) is 35.1 Å². The Morgan fingerprint density at radius 3 is 1.06 bits per heavy atom. The summed E-state index contributed by atoms with van der Waals surface area (Å²) in [5.74, 6) is -4.60. The topological polar surface area (TPSA) is 627 Å². The number of aliphatic carboxylic acids is 2. The van der Waals surface area contributed by atoms with Crippen molar-refractivity contribution in [2.75, 3.05) is 40.4 Å². The zero-order valence-electron chi connectivity index (χ0n) is 27.8. The van der Waals surface area contributed by atoms with Gasteiger partial charge in [-0.1, -0.05) is 35.8 Å². The summed E-state index contributed by atoms with van der Waals surface area (Å²) in [5, 5.41) is 65.6. The zero-order chi connectivity index (χ0) is 28.5. The maximum Gasteiger partial charge on any atom is 2.00 e. The number of carbonyl (C=O) groups excluding carboxylic acids is 2. The number of benzene rings is 2. The molecule has 2 rings (SSSR count). The van der Waals surface area contributed by atoms with Gasteiger partial charge in [0, 0.05) is 12.4 Å². The van der Waals surface area contributed by atoms with E-state index in [0.29, 0.717) is 0 Å². The van der Waals surface area contributed by atoms with Gasteiger partial charge in [0.2, 0.25) is 0 Å². The molecule has 0 spiro atoms. The number of nitrogens with zero attached hydrogens (tertiary/aromatic N) is 4. The van der Waals surface area contributed by atoms with Gasteiger partial charge in [0.15, 0.2) is 0 Å². The molecular formula is C24H52Cu2MnN4O22+6. The second kappa shape index (κ2) is 54.7. The van der Waals surface area contributed by atoms with Crippen LogP contribution in [0, 0.1) is 0 Å². The number of para-hydroxylation sites is 2. The number of rotatable bonds is 12. The molecular weight excluding hydrogens is 878 g/mol. The summed E-state index contributed by atoms with van der Waals surface area (Å²) in [4.78, 5) is 34.0. The minimum atomic E-state index is -1.44. The second-order valence-corrected chi connectivity index (χ2v) is 6.86. The van der Waals surface area contributed by atoms with Crippen molar-refractivity contribution in [3.63, 3.8) is 0 Å². The Bertz CT molecular complexity index is 1150. The molecule has 3 radical (unpaired) electrons. The third-order valence-electron chi connectivity index (χ3n) is 4.14. The van der Waals surface area contributed by atoms with Crippen LogP contribution in [-0.2, 0) is 93.7 Å². The number of carboxylic acids is 2. The first-order valence-electron chi connectivity index (χ1n) is 10.6. The fourth-order valence-electron chi connectivity index (χ4n) is 2.44. The van der Waals surface area contributed by atoms with Crippen LogP contribution in [0.2, 0.25) is 0 Å². The maximum absolute atomic E-state index is 11.7. The molecule has 0 unspecified atom stereocenters. The van der Waals surface area contributed by atoms with Gasteiger partial charge in [-0.2, -0.15) is 0 Å². The number of aliphatic imine (C=N–C) groups is 4. The number of carboxylic acid groups (broad SMARTS) is 2. The number of methoxy groups -OCH3 is 2. The molecule has 2 aromatic rings. The predicted octanol–water partition coefficient (Wildman–Crippen LogP) is -15.1. The molecule has 0 fully saturated rings. The van der Waals surface area contributed by atoms with Crippen molar-refractivity contribution in [2.24, 2.45) is 20.0 Å². The van der Waals surface area contributed by atoms with Gasteiger partial charge in [0.1, 0.15) is 11.5 Å². The minimum absolute atomic E-state index is 0. The Morgan fingerprint density at radius 1 is 0.566 bits per heavy atom. The third kappa shape index (κ3) is 40.6. The quantitative estimate of drug-likeness (QED) is 0.0837. The summed E-state index contributed by atoms with van der Waals surface area (Å²) in [6.07, 6.45) is 2.44. The van der Waals surface area contributed by atoms with E-state index in [1.165, 1.54) is 50.9 Å². The smallest absolute Gasteiger partial charge is 0.870 e. The summed E-state index contributed by atoms with van der Waals surface area (Å²) >= 11 is 0. The van der Waals surface area contributed by atoms with Crippen LogP contribution >= 0.6 is 0 Å². The van der Waals surface area contributed by atoms with Crippen molar-refractivity contribution >= 4 is 36.2 Å². The van der Waals surface area contributed by atoms with Crippen LogP contribution in [0.25, 0.3) is 0 Å². The first kappa shape index (κ1) is 97.6. The van der Waals surface area contributed by atoms with Crippen molar-refractivity contribution in [1.82, 2.24) is 0 Å². The molecule has 0 saturated heterocycles. The molecule has 26 nitrogen and oxygen atoms in total. The SMILES string of the molecule is COc1cccc(C=NCC([O-])=NCC(=O)[O-])c1[O-].COc1cccc(C=NCC([O-])=NCC(=O)[O-])c1[O-].O.O.O.O.O.O.[Cu+2].[Cu+2].[Mn+2].[OH3+].[OH3+].[OH3+].[OH3+].[OH3+].[OH3+]. The number of hydrogen-bond donors (Lipinski definition) is 0. The standard InChI is InChI=1S/2C12H14N2O5.2Cu.Mn.12H2O/c2*1-19-9-4-2-3-8(12(9)18)5-13-6-10(15)14-7-11(16)17;;;;;;;;;;;;;;;/h2*2-5,18H,6-7H2,1H3,(H,14,15)(H,16,17);;;;12*1H2/q;;3*+2;;;;;;;;;;;;. The van der Waals surface area contributed by atoms with Gasteiger partial charge >= 0.3 is 51.2 Å². The number of carbonyl (C=O) groups is 2. The van der Waals surface area contributed by atoms with Crippen molar-refractivity contribution in [3.05, 3.63) is 47.5 Å². The second-order valence-electron chi connectivity index (χ2n) is 6.86. The Labute approximate surface area is 332 Å². The van der Waals surface area contributed by atoms with E-state index in [0.717, 1.165) is 0 Å². The molecule has 0 bridgehead atoms. The zero-order valence-corrected chi connectivity index (χ0v) is 30.8. The molecule has 29 heteroatoms. The van der Waals surface area contributed by atoms with E-state index in [1.807, 2.05) is 0 Å². The van der Waals surface area contributed by atoms with E-state index in [-0.39, 0.29) is 164 Å². The van der Waals surface area contributed by atoms with Gasteiger partial charge in [-0.3, -0.25) is 20.0 Å². The summed E-state index contributed by atoms with van der Waals surface area (Å²) in [5.41, 5.74) is 0.541. The summed E-state index contributed by atoms with van der Waals surface area (Å²) in [6.45, 7) is -2.05. The van der Waals surface area contributed by atoms with E-state index >= 15 is 0 Å². The molecule has 53 heavy (non-hydrogen) atoms. The minimum Gasteiger partial charge on any atom is -0.870 e. The van der Waals surface area contributed by atoms with Gasteiger partial charge < -0.3 is 115 Å².